The number of aliphatic hydroxyl groups is 1. The summed E-state index contributed by atoms with van der Waals surface area (Å²) in [6.45, 7) is 5.27. The maximum atomic E-state index is 10.9. The highest BCUT2D eigenvalue weighted by Gasteiger charge is 2.35. The Morgan fingerprint density at radius 3 is 2.50 bits per heavy atom. The van der Waals surface area contributed by atoms with Gasteiger partial charge in [0.05, 0.1) is 23.8 Å². The van der Waals surface area contributed by atoms with Crippen molar-refractivity contribution in [1.82, 2.24) is 14.7 Å². The number of benzene rings is 1. The van der Waals surface area contributed by atoms with Gasteiger partial charge in [0.15, 0.2) is 0 Å². The van der Waals surface area contributed by atoms with Crippen LogP contribution in [0.4, 0.5) is 4.79 Å². The van der Waals surface area contributed by atoms with Crippen LogP contribution in [0, 0.1) is 11.3 Å². The van der Waals surface area contributed by atoms with Gasteiger partial charge in [0, 0.05) is 52.9 Å². The molecule has 2 fully saturated rings. The fourth-order valence-corrected chi connectivity index (χ4v) is 3.99. The zero-order valence-corrected chi connectivity index (χ0v) is 17.3. The molecule has 9 heteroatoms. The average Bonchev–Trinajstić information content (AvgIpc) is 2.72. The van der Waals surface area contributed by atoms with E-state index in [9.17, 15) is 9.90 Å². The molecule has 2 saturated heterocycles. The maximum Gasteiger partial charge on any atom is 0.407 e. The molecule has 164 valence electrons. The molecule has 2 heterocycles. The molecule has 2 N–H and O–H groups in total. The first-order chi connectivity index (χ1) is 14.4. The second kappa shape index (κ2) is 10.6. The largest absolute Gasteiger partial charge is 0.491 e. The third-order valence-corrected chi connectivity index (χ3v) is 5.42. The van der Waals surface area contributed by atoms with Crippen LogP contribution in [0.3, 0.4) is 0 Å². The predicted octanol–water partition coefficient (Wildman–Crippen LogP) is 0.683. The molecule has 0 radical (unpaired) electrons. The van der Waals surface area contributed by atoms with E-state index in [2.05, 4.69) is 15.9 Å². The van der Waals surface area contributed by atoms with E-state index < -0.39 is 12.2 Å². The normalized spacial score (nSPS) is 22.8. The fraction of sp³-hybridized carbons (Fsp3) is 0.619. The van der Waals surface area contributed by atoms with Gasteiger partial charge in [-0.15, -0.1) is 0 Å². The Kier molecular flexibility index (Phi) is 7.87. The second-order valence-electron chi connectivity index (χ2n) is 8.02. The maximum absolute atomic E-state index is 10.9. The lowest BCUT2D eigenvalue weighted by Gasteiger charge is -2.46. The van der Waals surface area contributed by atoms with Crippen LogP contribution in [0.25, 0.3) is 0 Å². The standard InChI is InChI=1S/C21H30N4O5/c1-23(21(27)28)7-2-8-24-11-19-13-25(14-20(12-24)30-19)10-17(26)15-29-18-5-3-16(9-22)4-6-18/h3-6,17,19-20,26H,2,7-8,10-15H2,1H3,(H,27,28)/t17-,19?,20?/m0/s1. The van der Waals surface area contributed by atoms with Crippen LogP contribution in [0.15, 0.2) is 24.3 Å². The summed E-state index contributed by atoms with van der Waals surface area (Å²) in [7, 11) is 1.59. The van der Waals surface area contributed by atoms with Gasteiger partial charge in [0.1, 0.15) is 18.5 Å². The third-order valence-electron chi connectivity index (χ3n) is 5.42. The van der Waals surface area contributed by atoms with Gasteiger partial charge in [-0.05, 0) is 30.7 Å². The molecule has 1 aromatic rings. The number of nitrogens with zero attached hydrogens (tertiary/aromatic N) is 4. The van der Waals surface area contributed by atoms with E-state index in [-0.39, 0.29) is 18.8 Å². The molecule has 2 bridgehead atoms. The van der Waals surface area contributed by atoms with Crippen LogP contribution in [0.5, 0.6) is 5.75 Å². The number of aliphatic hydroxyl groups excluding tert-OH is 1. The van der Waals surface area contributed by atoms with Gasteiger partial charge in [-0.25, -0.2) is 4.79 Å². The Labute approximate surface area is 177 Å². The second-order valence-corrected chi connectivity index (χ2v) is 8.02. The Morgan fingerprint density at radius 2 is 1.90 bits per heavy atom. The van der Waals surface area contributed by atoms with Crippen molar-refractivity contribution in [2.75, 3.05) is 59.5 Å². The quantitative estimate of drug-likeness (QED) is 0.603. The number of hydrogen-bond acceptors (Lipinski definition) is 7. The molecule has 0 saturated carbocycles. The van der Waals surface area contributed by atoms with Gasteiger partial charge in [0.2, 0.25) is 0 Å². The van der Waals surface area contributed by atoms with Crippen molar-refractivity contribution in [3.8, 4) is 11.8 Å². The summed E-state index contributed by atoms with van der Waals surface area (Å²) >= 11 is 0. The SMILES string of the molecule is CN(CCCN1CC2CN(C[C@H](O)COc3ccc(C#N)cc3)CC(C1)O2)C(=O)O. The van der Waals surface area contributed by atoms with E-state index in [1.807, 2.05) is 0 Å². The van der Waals surface area contributed by atoms with Crippen LogP contribution in [-0.4, -0.2) is 109 Å². The van der Waals surface area contributed by atoms with E-state index in [1.54, 1.807) is 31.3 Å². The van der Waals surface area contributed by atoms with Gasteiger partial charge < -0.3 is 24.6 Å². The number of hydrogen-bond donors (Lipinski definition) is 2. The molecular weight excluding hydrogens is 388 g/mol. The highest BCUT2D eigenvalue weighted by atomic mass is 16.5. The monoisotopic (exact) mass is 418 g/mol. The molecule has 0 aliphatic carbocycles. The summed E-state index contributed by atoms with van der Waals surface area (Å²) in [5, 5.41) is 28.1. The van der Waals surface area contributed by atoms with Crippen molar-refractivity contribution in [3.05, 3.63) is 29.8 Å². The smallest absolute Gasteiger partial charge is 0.407 e. The molecule has 0 spiro atoms. The van der Waals surface area contributed by atoms with Crippen molar-refractivity contribution in [3.63, 3.8) is 0 Å². The van der Waals surface area contributed by atoms with Crippen LogP contribution in [0.1, 0.15) is 12.0 Å². The first kappa shape index (κ1) is 22.3. The third kappa shape index (κ3) is 6.57. The highest BCUT2D eigenvalue weighted by Crippen LogP contribution is 2.20. The molecule has 1 amide bonds. The van der Waals surface area contributed by atoms with Crippen LogP contribution >= 0.6 is 0 Å². The Bertz CT molecular complexity index is 724. The number of morpholine rings is 2. The van der Waals surface area contributed by atoms with E-state index in [0.717, 1.165) is 39.1 Å². The van der Waals surface area contributed by atoms with Gasteiger partial charge in [0.25, 0.3) is 0 Å². The topological polar surface area (TPSA) is 110 Å². The first-order valence-corrected chi connectivity index (χ1v) is 10.3. The summed E-state index contributed by atoms with van der Waals surface area (Å²) in [4.78, 5) is 16.7. The molecule has 30 heavy (non-hydrogen) atoms. The number of nitriles is 1. The minimum Gasteiger partial charge on any atom is -0.491 e. The van der Waals surface area contributed by atoms with Crippen molar-refractivity contribution in [2.24, 2.45) is 0 Å². The zero-order valence-electron chi connectivity index (χ0n) is 17.3. The molecule has 2 unspecified atom stereocenters. The minimum absolute atomic E-state index is 0.0985. The van der Waals surface area contributed by atoms with Crippen LogP contribution < -0.4 is 4.74 Å². The van der Waals surface area contributed by atoms with Crippen molar-refractivity contribution in [2.45, 2.75) is 24.7 Å². The number of fused-ring (bicyclic) bond motifs is 2. The number of rotatable bonds is 9. The summed E-state index contributed by atoms with van der Waals surface area (Å²) in [6, 6.07) is 8.90. The molecule has 2 aliphatic rings. The van der Waals surface area contributed by atoms with Gasteiger partial charge in [-0.1, -0.05) is 0 Å². The summed E-state index contributed by atoms with van der Waals surface area (Å²) in [5.74, 6) is 0.635. The molecule has 2 aliphatic heterocycles. The van der Waals surface area contributed by atoms with E-state index in [4.69, 9.17) is 19.8 Å². The fourth-order valence-electron chi connectivity index (χ4n) is 3.99. The van der Waals surface area contributed by atoms with Crippen LogP contribution in [-0.2, 0) is 4.74 Å². The highest BCUT2D eigenvalue weighted by molar-refractivity contribution is 5.64. The summed E-state index contributed by atoms with van der Waals surface area (Å²) in [5.41, 5.74) is 0.575. The molecule has 0 aromatic heterocycles. The number of carbonyl (C=O) groups is 1. The van der Waals surface area contributed by atoms with Gasteiger partial charge in [-0.2, -0.15) is 5.26 Å². The number of amides is 1. The Hall–Kier alpha value is -2.38. The lowest BCUT2D eigenvalue weighted by atomic mass is 10.1. The van der Waals surface area contributed by atoms with Crippen molar-refractivity contribution in [1.29, 1.82) is 5.26 Å². The van der Waals surface area contributed by atoms with Gasteiger partial charge in [-0.3, -0.25) is 9.80 Å². The van der Waals surface area contributed by atoms with E-state index in [1.165, 1.54) is 4.90 Å². The van der Waals surface area contributed by atoms with Crippen molar-refractivity contribution >= 4 is 6.09 Å². The molecule has 3 rings (SSSR count). The average molecular weight is 418 g/mol. The first-order valence-electron chi connectivity index (χ1n) is 10.3. The molecule has 3 atom stereocenters. The lowest BCUT2D eigenvalue weighted by Crippen LogP contribution is -2.60. The molecule has 9 nitrogen and oxygen atoms in total. The number of ether oxygens (including phenoxy) is 2. The number of β-amino-alcohol motifs (C(OH)–C–C–N with tert-alkyl or cyclic N) is 1. The lowest BCUT2D eigenvalue weighted by molar-refractivity contribution is -0.143. The minimum atomic E-state index is -0.897. The summed E-state index contributed by atoms with van der Waals surface area (Å²) < 4.78 is 11.7. The Morgan fingerprint density at radius 1 is 1.27 bits per heavy atom. The Balaban J connectivity index is 1.37. The molecular formula is C21H30N4O5. The predicted molar refractivity (Wildman–Crippen MR) is 109 cm³/mol. The van der Waals surface area contributed by atoms with Crippen LogP contribution in [0.2, 0.25) is 0 Å². The molecule has 1 aromatic carbocycles. The van der Waals surface area contributed by atoms with Gasteiger partial charge >= 0.3 is 6.09 Å². The zero-order chi connectivity index (χ0) is 21.5. The van der Waals surface area contributed by atoms with E-state index >= 15 is 0 Å². The van der Waals surface area contributed by atoms with Crippen molar-refractivity contribution < 1.29 is 24.5 Å². The number of carboxylic acid groups (broad SMARTS) is 1. The van der Waals surface area contributed by atoms with E-state index in [0.29, 0.717) is 24.4 Å². The summed E-state index contributed by atoms with van der Waals surface area (Å²) in [6.07, 6.45) is -0.506.